The van der Waals surface area contributed by atoms with Crippen molar-refractivity contribution < 1.29 is 4.79 Å². The van der Waals surface area contributed by atoms with E-state index < -0.39 is 0 Å². The molecule has 1 amide bonds. The minimum absolute atomic E-state index is 0.0842. The number of benzene rings is 2. The number of aryl methyl sites for hydroxylation is 3. The Bertz CT molecular complexity index is 1140. The van der Waals surface area contributed by atoms with Gasteiger partial charge in [0.15, 0.2) is 5.82 Å². The summed E-state index contributed by atoms with van der Waals surface area (Å²) in [6.07, 6.45) is 0. The molecule has 136 valence electrons. The van der Waals surface area contributed by atoms with Crippen molar-refractivity contribution in [2.45, 2.75) is 27.3 Å². The lowest BCUT2D eigenvalue weighted by Gasteiger charge is -2.08. The van der Waals surface area contributed by atoms with E-state index in [1.54, 1.807) is 0 Å². The molecule has 4 rings (SSSR count). The van der Waals surface area contributed by atoms with Gasteiger partial charge in [-0.15, -0.1) is 11.3 Å². The average Bonchev–Trinajstić information content (AvgIpc) is 3.29. The maximum Gasteiger partial charge on any atom is 0.265 e. The van der Waals surface area contributed by atoms with E-state index in [1.165, 1.54) is 11.3 Å². The summed E-state index contributed by atoms with van der Waals surface area (Å²) in [5, 5.41) is 3.03. The summed E-state index contributed by atoms with van der Waals surface area (Å²) in [4.78, 5) is 19.2. The minimum Gasteiger partial charge on any atom is -0.324 e. The monoisotopic (exact) mass is 375 g/mol. The van der Waals surface area contributed by atoms with Gasteiger partial charge in [0.1, 0.15) is 0 Å². The molecule has 0 fully saturated rings. The highest BCUT2D eigenvalue weighted by molar-refractivity contribution is 7.17. The smallest absolute Gasteiger partial charge is 0.265 e. The van der Waals surface area contributed by atoms with Crippen LogP contribution in [0.3, 0.4) is 0 Å². The van der Waals surface area contributed by atoms with Crippen molar-refractivity contribution >= 4 is 34.0 Å². The number of nitrogens with one attached hydrogen (secondary N) is 1. The molecule has 0 bridgehead atoms. The van der Waals surface area contributed by atoms with E-state index in [4.69, 9.17) is 4.98 Å². The molecule has 0 aliphatic rings. The van der Waals surface area contributed by atoms with Crippen molar-refractivity contribution in [2.24, 2.45) is 0 Å². The highest BCUT2D eigenvalue weighted by atomic mass is 32.1. The number of thiophene rings is 1. The Labute approximate surface area is 162 Å². The molecule has 4 nitrogen and oxygen atoms in total. The molecule has 2 aromatic carbocycles. The molecule has 0 aliphatic carbocycles. The quantitative estimate of drug-likeness (QED) is 0.501. The lowest BCUT2D eigenvalue weighted by atomic mass is 10.1. The third-order valence-electron chi connectivity index (χ3n) is 4.66. The number of para-hydroxylation sites is 2. The standard InChI is InChI=1S/C22H21N3OS/c1-4-25-18-8-6-5-7-16(18)23-21(25)19-11-12-20(27-19)22(26)24-17-13-14(2)9-10-15(17)3/h5-13H,4H2,1-3H3,(H,24,26). The third-order valence-corrected chi connectivity index (χ3v) is 5.74. The molecule has 0 atom stereocenters. The van der Waals surface area contributed by atoms with Crippen LogP contribution in [0.1, 0.15) is 27.7 Å². The fraction of sp³-hybridized carbons (Fsp3) is 0.182. The summed E-state index contributed by atoms with van der Waals surface area (Å²) in [5.74, 6) is 0.827. The molecule has 27 heavy (non-hydrogen) atoms. The number of amides is 1. The van der Waals surface area contributed by atoms with Crippen LogP contribution in [0, 0.1) is 13.8 Å². The molecule has 0 unspecified atom stereocenters. The fourth-order valence-corrected chi connectivity index (χ4v) is 4.12. The normalized spacial score (nSPS) is 11.1. The highest BCUT2D eigenvalue weighted by Gasteiger charge is 2.16. The Kier molecular flexibility index (Phi) is 4.54. The van der Waals surface area contributed by atoms with Crippen LogP contribution in [-0.2, 0) is 6.54 Å². The van der Waals surface area contributed by atoms with Crippen molar-refractivity contribution in [2.75, 3.05) is 5.32 Å². The van der Waals surface area contributed by atoms with E-state index in [9.17, 15) is 4.79 Å². The predicted octanol–water partition coefficient (Wildman–Crippen LogP) is 5.65. The van der Waals surface area contributed by atoms with Gasteiger partial charge in [0.25, 0.3) is 5.91 Å². The van der Waals surface area contributed by atoms with Crippen LogP contribution >= 0.6 is 11.3 Å². The number of carbonyl (C=O) groups is 1. The number of rotatable bonds is 4. The maximum atomic E-state index is 12.7. The molecule has 0 saturated carbocycles. The van der Waals surface area contributed by atoms with E-state index in [0.717, 1.165) is 45.1 Å². The zero-order valence-corrected chi connectivity index (χ0v) is 16.4. The number of anilines is 1. The lowest BCUT2D eigenvalue weighted by molar-refractivity contribution is 0.103. The number of imidazole rings is 1. The van der Waals surface area contributed by atoms with Gasteiger partial charge in [0.05, 0.1) is 20.8 Å². The van der Waals surface area contributed by atoms with E-state index in [1.807, 2.05) is 62.4 Å². The summed E-state index contributed by atoms with van der Waals surface area (Å²) in [5.41, 5.74) is 5.13. The van der Waals surface area contributed by atoms with Crippen LogP contribution in [-0.4, -0.2) is 15.5 Å². The van der Waals surface area contributed by atoms with Crippen LogP contribution in [0.25, 0.3) is 21.7 Å². The van der Waals surface area contributed by atoms with Gasteiger partial charge in [0, 0.05) is 12.2 Å². The second-order valence-electron chi connectivity index (χ2n) is 6.60. The maximum absolute atomic E-state index is 12.7. The Morgan fingerprint density at radius 3 is 2.74 bits per heavy atom. The van der Waals surface area contributed by atoms with Crippen LogP contribution in [0.15, 0.2) is 54.6 Å². The number of fused-ring (bicyclic) bond motifs is 1. The number of hydrogen-bond donors (Lipinski definition) is 1. The van der Waals surface area contributed by atoms with Gasteiger partial charge < -0.3 is 9.88 Å². The molecule has 0 saturated heterocycles. The Hall–Kier alpha value is -2.92. The van der Waals surface area contributed by atoms with Gasteiger partial charge in [-0.25, -0.2) is 4.98 Å². The van der Waals surface area contributed by atoms with Crippen molar-refractivity contribution in [3.8, 4) is 10.7 Å². The summed E-state index contributed by atoms with van der Waals surface area (Å²) in [7, 11) is 0. The summed E-state index contributed by atoms with van der Waals surface area (Å²) in [6, 6.07) is 18.0. The second kappa shape index (κ2) is 7.00. The van der Waals surface area contributed by atoms with E-state index in [-0.39, 0.29) is 5.91 Å². The lowest BCUT2D eigenvalue weighted by Crippen LogP contribution is -2.11. The van der Waals surface area contributed by atoms with Crippen LogP contribution in [0.5, 0.6) is 0 Å². The molecular weight excluding hydrogens is 354 g/mol. The van der Waals surface area contributed by atoms with Gasteiger partial charge in [-0.3, -0.25) is 4.79 Å². The predicted molar refractivity (Wildman–Crippen MR) is 113 cm³/mol. The van der Waals surface area contributed by atoms with Gasteiger partial charge in [-0.2, -0.15) is 0 Å². The highest BCUT2D eigenvalue weighted by Crippen LogP contribution is 2.31. The first-order valence-corrected chi connectivity index (χ1v) is 9.82. The number of nitrogens with zero attached hydrogens (tertiary/aromatic N) is 2. The number of carbonyl (C=O) groups excluding carboxylic acids is 1. The second-order valence-corrected chi connectivity index (χ2v) is 7.69. The Morgan fingerprint density at radius 1 is 1.11 bits per heavy atom. The van der Waals surface area contributed by atoms with E-state index >= 15 is 0 Å². The van der Waals surface area contributed by atoms with Gasteiger partial charge in [-0.05, 0) is 62.2 Å². The molecule has 2 heterocycles. The average molecular weight is 375 g/mol. The van der Waals surface area contributed by atoms with Crippen molar-refractivity contribution in [1.29, 1.82) is 0 Å². The number of aromatic nitrogens is 2. The van der Waals surface area contributed by atoms with Gasteiger partial charge in [-0.1, -0.05) is 24.3 Å². The molecular formula is C22H21N3OS. The summed E-state index contributed by atoms with van der Waals surface area (Å²) >= 11 is 1.47. The molecule has 2 aromatic heterocycles. The fourth-order valence-electron chi connectivity index (χ4n) is 3.22. The Morgan fingerprint density at radius 2 is 1.93 bits per heavy atom. The van der Waals surface area contributed by atoms with E-state index in [0.29, 0.717) is 4.88 Å². The first-order valence-electron chi connectivity index (χ1n) is 9.01. The summed E-state index contributed by atoms with van der Waals surface area (Å²) in [6.45, 7) is 6.96. The first-order chi connectivity index (χ1) is 13.1. The van der Waals surface area contributed by atoms with Crippen LogP contribution < -0.4 is 5.32 Å². The molecule has 1 N–H and O–H groups in total. The van der Waals surface area contributed by atoms with E-state index in [2.05, 4.69) is 22.9 Å². The van der Waals surface area contributed by atoms with Crippen LogP contribution in [0.2, 0.25) is 0 Å². The number of hydrogen-bond acceptors (Lipinski definition) is 3. The topological polar surface area (TPSA) is 46.9 Å². The molecule has 0 radical (unpaired) electrons. The molecule has 4 aromatic rings. The SMILES string of the molecule is CCn1c(-c2ccc(C(=O)Nc3cc(C)ccc3C)s2)nc2ccccc21. The Balaban J connectivity index is 1.66. The van der Waals surface area contributed by atoms with Crippen molar-refractivity contribution in [3.05, 3.63) is 70.6 Å². The zero-order chi connectivity index (χ0) is 19.0. The first kappa shape index (κ1) is 17.5. The minimum atomic E-state index is -0.0842. The van der Waals surface area contributed by atoms with Gasteiger partial charge in [0.2, 0.25) is 0 Å². The largest absolute Gasteiger partial charge is 0.324 e. The molecule has 5 heteroatoms. The van der Waals surface area contributed by atoms with Gasteiger partial charge >= 0.3 is 0 Å². The van der Waals surface area contributed by atoms with Crippen LogP contribution in [0.4, 0.5) is 5.69 Å². The molecule has 0 aliphatic heterocycles. The third kappa shape index (κ3) is 3.26. The van der Waals surface area contributed by atoms with Crippen molar-refractivity contribution in [3.63, 3.8) is 0 Å². The zero-order valence-electron chi connectivity index (χ0n) is 15.6. The molecule has 0 spiro atoms. The summed E-state index contributed by atoms with van der Waals surface area (Å²) < 4.78 is 2.19. The van der Waals surface area contributed by atoms with Crippen molar-refractivity contribution in [1.82, 2.24) is 9.55 Å².